The molecule has 1 aromatic carbocycles. The van der Waals surface area contributed by atoms with E-state index >= 15 is 0 Å². The molecule has 0 aliphatic carbocycles. The second-order valence-electron chi connectivity index (χ2n) is 4.78. The largest absolute Gasteiger partial charge is 0.265 e. The minimum absolute atomic E-state index is 0.578. The molecule has 0 aliphatic rings. The summed E-state index contributed by atoms with van der Waals surface area (Å²) < 4.78 is 2.75. The summed E-state index contributed by atoms with van der Waals surface area (Å²) in [4.78, 5) is 8.37. The first-order valence-electron chi connectivity index (χ1n) is 6.68. The lowest BCUT2D eigenvalue weighted by atomic mass is 10.1. The Hall–Kier alpha value is -2.60. The third kappa shape index (κ3) is 2.27. The van der Waals surface area contributed by atoms with Gasteiger partial charge in [0.2, 0.25) is 0 Å². The highest BCUT2D eigenvalue weighted by Crippen LogP contribution is 2.24. The van der Waals surface area contributed by atoms with Crippen LogP contribution in [0, 0.1) is 0 Å². The van der Waals surface area contributed by atoms with E-state index in [2.05, 4.69) is 48.2 Å². The Labute approximate surface area is 134 Å². The molecule has 3 aromatic heterocycles. The van der Waals surface area contributed by atoms with E-state index in [0.717, 1.165) is 27.0 Å². The number of aromatic nitrogens is 5. The molecule has 3 heterocycles. The van der Waals surface area contributed by atoms with Crippen molar-refractivity contribution in [1.29, 1.82) is 0 Å². The lowest BCUT2D eigenvalue weighted by molar-refractivity contribution is 1.09. The number of pyridine rings is 1. The summed E-state index contributed by atoms with van der Waals surface area (Å²) in [6, 6.07) is 12.1. The SMILES string of the molecule is Brc1cnc2nnc(-c3ccc(-c4cccnc4)cc3)n2c1. The summed E-state index contributed by atoms with van der Waals surface area (Å²) in [5.74, 6) is 1.34. The van der Waals surface area contributed by atoms with E-state index in [1.54, 1.807) is 12.4 Å². The van der Waals surface area contributed by atoms with Gasteiger partial charge in [0.15, 0.2) is 5.82 Å². The Morgan fingerprint density at radius 2 is 1.68 bits per heavy atom. The van der Waals surface area contributed by atoms with Gasteiger partial charge >= 0.3 is 0 Å². The quantitative estimate of drug-likeness (QED) is 0.553. The maximum absolute atomic E-state index is 4.23. The Morgan fingerprint density at radius 3 is 2.45 bits per heavy atom. The zero-order chi connectivity index (χ0) is 14.9. The predicted octanol–water partition coefficient (Wildman–Crippen LogP) is 3.62. The van der Waals surface area contributed by atoms with Crippen molar-refractivity contribution < 1.29 is 0 Å². The number of fused-ring (bicyclic) bond motifs is 1. The highest BCUT2D eigenvalue weighted by Gasteiger charge is 2.09. The molecular formula is C16H10BrN5. The van der Waals surface area contributed by atoms with E-state index in [0.29, 0.717) is 5.78 Å². The van der Waals surface area contributed by atoms with Crippen molar-refractivity contribution in [2.45, 2.75) is 0 Å². The van der Waals surface area contributed by atoms with E-state index < -0.39 is 0 Å². The van der Waals surface area contributed by atoms with Gasteiger partial charge in [0.25, 0.3) is 5.78 Å². The molecule has 6 heteroatoms. The van der Waals surface area contributed by atoms with Crippen LogP contribution in [0.15, 0.2) is 65.7 Å². The van der Waals surface area contributed by atoms with Crippen molar-refractivity contribution >= 4 is 21.7 Å². The molecule has 0 spiro atoms. The molecule has 5 nitrogen and oxygen atoms in total. The standard InChI is InChI=1S/C16H10BrN5/c17-14-9-19-16-21-20-15(22(16)10-14)12-5-3-11(4-6-12)13-2-1-7-18-8-13/h1-10H. The Bertz CT molecular complexity index is 932. The van der Waals surface area contributed by atoms with Gasteiger partial charge in [-0.25, -0.2) is 4.98 Å². The topological polar surface area (TPSA) is 56.0 Å². The van der Waals surface area contributed by atoms with Crippen LogP contribution in [-0.4, -0.2) is 24.6 Å². The van der Waals surface area contributed by atoms with Crippen molar-refractivity contribution in [1.82, 2.24) is 24.6 Å². The van der Waals surface area contributed by atoms with Gasteiger partial charge in [-0.2, -0.15) is 0 Å². The molecule has 0 bridgehead atoms. The van der Waals surface area contributed by atoms with Crippen LogP contribution >= 0.6 is 15.9 Å². The Balaban J connectivity index is 1.78. The summed E-state index contributed by atoms with van der Waals surface area (Å²) in [5.41, 5.74) is 3.19. The third-order valence-corrected chi connectivity index (χ3v) is 3.78. The molecule has 0 radical (unpaired) electrons. The maximum Gasteiger partial charge on any atom is 0.255 e. The van der Waals surface area contributed by atoms with Gasteiger partial charge in [-0.3, -0.25) is 9.38 Å². The zero-order valence-electron chi connectivity index (χ0n) is 11.4. The van der Waals surface area contributed by atoms with E-state index in [9.17, 15) is 0 Å². The van der Waals surface area contributed by atoms with Crippen LogP contribution in [0.2, 0.25) is 0 Å². The molecular weight excluding hydrogens is 342 g/mol. The number of halogens is 1. The molecule has 0 amide bonds. The van der Waals surface area contributed by atoms with Crippen molar-refractivity contribution in [2.75, 3.05) is 0 Å². The van der Waals surface area contributed by atoms with Crippen molar-refractivity contribution in [3.05, 3.63) is 65.7 Å². The molecule has 0 unspecified atom stereocenters. The number of hydrogen-bond donors (Lipinski definition) is 0. The third-order valence-electron chi connectivity index (χ3n) is 3.37. The Kier molecular flexibility index (Phi) is 3.16. The summed E-state index contributed by atoms with van der Waals surface area (Å²) in [6.07, 6.45) is 7.24. The number of rotatable bonds is 2. The van der Waals surface area contributed by atoms with Crippen molar-refractivity contribution in [3.8, 4) is 22.5 Å². The minimum atomic E-state index is 0.578. The van der Waals surface area contributed by atoms with Crippen LogP contribution in [-0.2, 0) is 0 Å². The van der Waals surface area contributed by atoms with E-state index in [1.807, 2.05) is 41.1 Å². The van der Waals surface area contributed by atoms with Gasteiger partial charge in [0.1, 0.15) is 0 Å². The Morgan fingerprint density at radius 1 is 0.864 bits per heavy atom. The molecule has 22 heavy (non-hydrogen) atoms. The fourth-order valence-corrected chi connectivity index (χ4v) is 2.62. The first-order chi connectivity index (χ1) is 10.8. The summed E-state index contributed by atoms with van der Waals surface area (Å²) >= 11 is 3.42. The lowest BCUT2D eigenvalue weighted by Gasteiger charge is -2.03. The van der Waals surface area contributed by atoms with Crippen LogP contribution < -0.4 is 0 Å². The van der Waals surface area contributed by atoms with Crippen LogP contribution in [0.3, 0.4) is 0 Å². The minimum Gasteiger partial charge on any atom is -0.265 e. The van der Waals surface area contributed by atoms with E-state index in [-0.39, 0.29) is 0 Å². The molecule has 0 aliphatic heterocycles. The zero-order valence-corrected chi connectivity index (χ0v) is 13.0. The molecule has 4 aromatic rings. The monoisotopic (exact) mass is 351 g/mol. The lowest BCUT2D eigenvalue weighted by Crippen LogP contribution is -1.91. The second-order valence-corrected chi connectivity index (χ2v) is 5.70. The second kappa shape index (κ2) is 5.31. The highest BCUT2D eigenvalue weighted by molar-refractivity contribution is 9.10. The predicted molar refractivity (Wildman–Crippen MR) is 87.1 cm³/mol. The molecule has 0 N–H and O–H groups in total. The van der Waals surface area contributed by atoms with Crippen molar-refractivity contribution in [3.63, 3.8) is 0 Å². The first-order valence-corrected chi connectivity index (χ1v) is 7.48. The van der Waals surface area contributed by atoms with Crippen LogP contribution in [0.25, 0.3) is 28.3 Å². The molecule has 0 saturated heterocycles. The highest BCUT2D eigenvalue weighted by atomic mass is 79.9. The summed E-state index contributed by atoms with van der Waals surface area (Å²) in [5, 5.41) is 8.31. The molecule has 0 saturated carbocycles. The number of benzene rings is 1. The van der Waals surface area contributed by atoms with Gasteiger partial charge in [-0.15, -0.1) is 10.2 Å². The summed E-state index contributed by atoms with van der Waals surface area (Å²) in [7, 11) is 0. The van der Waals surface area contributed by atoms with Crippen LogP contribution in [0.1, 0.15) is 0 Å². The van der Waals surface area contributed by atoms with Gasteiger partial charge < -0.3 is 0 Å². The summed E-state index contributed by atoms with van der Waals surface area (Å²) in [6.45, 7) is 0. The van der Waals surface area contributed by atoms with Gasteiger partial charge in [-0.05, 0) is 33.1 Å². The van der Waals surface area contributed by atoms with Gasteiger partial charge in [0, 0.05) is 30.4 Å². The van der Waals surface area contributed by atoms with Gasteiger partial charge in [0.05, 0.1) is 4.47 Å². The average molecular weight is 352 g/mol. The molecule has 106 valence electrons. The first kappa shape index (κ1) is 13.1. The number of hydrogen-bond acceptors (Lipinski definition) is 4. The molecule has 4 rings (SSSR count). The fourth-order valence-electron chi connectivity index (χ4n) is 2.31. The van der Waals surface area contributed by atoms with Gasteiger partial charge in [-0.1, -0.05) is 30.3 Å². The molecule has 0 atom stereocenters. The average Bonchev–Trinajstić information content (AvgIpc) is 2.99. The molecule has 0 fully saturated rings. The number of nitrogens with zero attached hydrogens (tertiary/aromatic N) is 5. The van der Waals surface area contributed by atoms with Crippen LogP contribution in [0.5, 0.6) is 0 Å². The smallest absolute Gasteiger partial charge is 0.255 e. The fraction of sp³-hybridized carbons (Fsp3) is 0. The van der Waals surface area contributed by atoms with E-state index in [1.165, 1.54) is 0 Å². The maximum atomic E-state index is 4.23. The van der Waals surface area contributed by atoms with E-state index in [4.69, 9.17) is 0 Å². The normalized spacial score (nSPS) is 11.0. The van der Waals surface area contributed by atoms with Crippen LogP contribution in [0.4, 0.5) is 0 Å². The van der Waals surface area contributed by atoms with Crippen molar-refractivity contribution in [2.24, 2.45) is 0 Å².